The molecule has 0 amide bonds. The van der Waals surface area contributed by atoms with Crippen LogP contribution in [0.5, 0.6) is 5.75 Å². The number of ether oxygens (including phenoxy) is 2. The fourth-order valence-electron chi connectivity index (χ4n) is 2.85. The van der Waals surface area contributed by atoms with Crippen molar-refractivity contribution in [3.63, 3.8) is 0 Å². The normalized spacial score (nSPS) is 11.2. The molecule has 0 aliphatic heterocycles. The molecule has 154 valence electrons. The van der Waals surface area contributed by atoms with Crippen LogP contribution in [0.2, 0.25) is 0 Å². The van der Waals surface area contributed by atoms with E-state index in [0.29, 0.717) is 30.0 Å². The van der Waals surface area contributed by atoms with E-state index in [1.807, 2.05) is 36.4 Å². The Labute approximate surface area is 175 Å². The second-order valence-corrected chi connectivity index (χ2v) is 6.79. The Morgan fingerprint density at radius 3 is 2.40 bits per heavy atom. The van der Waals surface area contributed by atoms with Crippen molar-refractivity contribution in [3.8, 4) is 5.75 Å². The average Bonchev–Trinajstić information content (AvgIpc) is 2.78. The highest BCUT2D eigenvalue weighted by atomic mass is 16.5. The largest absolute Gasteiger partial charge is 0.489 e. The van der Waals surface area contributed by atoms with Gasteiger partial charge in [-0.15, -0.1) is 0 Å². The van der Waals surface area contributed by atoms with Gasteiger partial charge in [-0.25, -0.2) is 4.79 Å². The second kappa shape index (κ2) is 10.2. The molecule has 0 fully saturated rings. The van der Waals surface area contributed by atoms with Gasteiger partial charge in [-0.3, -0.25) is 4.98 Å². The van der Waals surface area contributed by atoms with E-state index < -0.39 is 5.97 Å². The van der Waals surface area contributed by atoms with E-state index in [-0.39, 0.29) is 6.61 Å². The molecule has 0 bridgehead atoms. The summed E-state index contributed by atoms with van der Waals surface area (Å²) in [5, 5.41) is 12.8. The van der Waals surface area contributed by atoms with Crippen LogP contribution in [0.15, 0.2) is 72.0 Å². The molecule has 2 aromatic carbocycles. The van der Waals surface area contributed by atoms with Crippen molar-refractivity contribution in [2.45, 2.75) is 26.9 Å². The average molecular weight is 404 g/mol. The fraction of sp³-hybridized carbons (Fsp3) is 0.208. The first-order chi connectivity index (χ1) is 14.6. The summed E-state index contributed by atoms with van der Waals surface area (Å²) >= 11 is 0. The van der Waals surface area contributed by atoms with Crippen molar-refractivity contribution in [3.05, 3.63) is 94.8 Å². The summed E-state index contributed by atoms with van der Waals surface area (Å²) in [4.78, 5) is 16.1. The van der Waals surface area contributed by atoms with Crippen LogP contribution in [0, 0.1) is 6.92 Å². The molecule has 6 heteroatoms. The highest BCUT2D eigenvalue weighted by Crippen LogP contribution is 2.16. The van der Waals surface area contributed by atoms with E-state index in [1.165, 1.54) is 11.8 Å². The molecular formula is C24H24N2O4. The first kappa shape index (κ1) is 21.0. The number of aryl methyl sites for hydroxylation is 1. The number of aromatic nitrogens is 1. The molecule has 1 heterocycles. The molecule has 0 radical (unpaired) electrons. The van der Waals surface area contributed by atoms with E-state index >= 15 is 0 Å². The topological polar surface area (TPSA) is 81.0 Å². The first-order valence-corrected chi connectivity index (χ1v) is 9.70. The summed E-state index contributed by atoms with van der Waals surface area (Å²) in [6, 6.07) is 18.9. The van der Waals surface area contributed by atoms with Gasteiger partial charge in [0.15, 0.2) is 0 Å². The minimum absolute atomic E-state index is 0.287. The van der Waals surface area contributed by atoms with Crippen molar-refractivity contribution >= 4 is 11.7 Å². The molecule has 1 N–H and O–H groups in total. The summed E-state index contributed by atoms with van der Waals surface area (Å²) in [6.45, 7) is 4.58. The molecule has 0 saturated heterocycles. The number of benzene rings is 2. The minimum Gasteiger partial charge on any atom is -0.489 e. The number of carbonyl (C=O) groups excluding carboxylic acids is 1. The van der Waals surface area contributed by atoms with E-state index in [1.54, 1.807) is 19.1 Å². The Bertz CT molecular complexity index is 1010. The Morgan fingerprint density at radius 2 is 1.73 bits per heavy atom. The molecule has 30 heavy (non-hydrogen) atoms. The van der Waals surface area contributed by atoms with Crippen LogP contribution < -0.4 is 4.74 Å². The molecule has 6 nitrogen and oxygen atoms in total. The Kier molecular flexibility index (Phi) is 7.16. The zero-order valence-corrected chi connectivity index (χ0v) is 17.0. The van der Waals surface area contributed by atoms with Crippen molar-refractivity contribution in [2.24, 2.45) is 5.16 Å². The number of esters is 1. The summed E-state index contributed by atoms with van der Waals surface area (Å²) in [6.07, 6.45) is 1.85. The first-order valence-electron chi connectivity index (χ1n) is 9.70. The summed E-state index contributed by atoms with van der Waals surface area (Å²) < 4.78 is 10.8. The van der Waals surface area contributed by atoms with Gasteiger partial charge in [0.2, 0.25) is 0 Å². The highest BCUT2D eigenvalue weighted by molar-refractivity contribution is 6.01. The molecule has 0 unspecified atom stereocenters. The van der Waals surface area contributed by atoms with Crippen LogP contribution in [0.25, 0.3) is 0 Å². The molecule has 0 atom stereocenters. The van der Waals surface area contributed by atoms with Crippen LogP contribution in [0.4, 0.5) is 0 Å². The Balaban J connectivity index is 1.64. The Hall–Kier alpha value is -3.67. The Morgan fingerprint density at radius 1 is 1.03 bits per heavy atom. The summed E-state index contributed by atoms with van der Waals surface area (Å²) in [7, 11) is 0. The molecule has 0 aliphatic carbocycles. The molecule has 0 saturated carbocycles. The maximum absolute atomic E-state index is 11.9. The molecule has 3 rings (SSSR count). The summed E-state index contributed by atoms with van der Waals surface area (Å²) in [5.74, 6) is 0.317. The van der Waals surface area contributed by atoms with Crippen molar-refractivity contribution < 1.29 is 19.5 Å². The number of hydrogen-bond donors (Lipinski definition) is 1. The van der Waals surface area contributed by atoms with Gasteiger partial charge < -0.3 is 14.7 Å². The predicted octanol–water partition coefficient (Wildman–Crippen LogP) is 4.57. The van der Waals surface area contributed by atoms with E-state index in [0.717, 1.165) is 16.9 Å². The molecule has 0 aliphatic rings. The van der Waals surface area contributed by atoms with E-state index in [4.69, 9.17) is 9.47 Å². The number of carbonyl (C=O) groups is 1. The quantitative estimate of drug-likeness (QED) is 0.257. The van der Waals surface area contributed by atoms with Crippen LogP contribution in [0.3, 0.4) is 0 Å². The highest BCUT2D eigenvalue weighted by Gasteiger charge is 2.12. The van der Waals surface area contributed by atoms with Crippen LogP contribution in [-0.2, 0) is 17.8 Å². The van der Waals surface area contributed by atoms with Gasteiger partial charge in [-0.2, -0.15) is 0 Å². The van der Waals surface area contributed by atoms with Gasteiger partial charge in [-0.1, -0.05) is 47.1 Å². The maximum Gasteiger partial charge on any atom is 0.338 e. The predicted molar refractivity (Wildman–Crippen MR) is 114 cm³/mol. The smallest absolute Gasteiger partial charge is 0.338 e. The van der Waals surface area contributed by atoms with Gasteiger partial charge in [-0.05, 0) is 49.2 Å². The third-order valence-corrected chi connectivity index (χ3v) is 4.51. The number of nitrogens with zero attached hydrogens (tertiary/aromatic N) is 2. The third kappa shape index (κ3) is 5.67. The van der Waals surface area contributed by atoms with Gasteiger partial charge >= 0.3 is 5.97 Å². The maximum atomic E-state index is 11.9. The van der Waals surface area contributed by atoms with Crippen LogP contribution >= 0.6 is 0 Å². The van der Waals surface area contributed by atoms with E-state index in [2.05, 4.69) is 29.2 Å². The number of hydrogen-bond acceptors (Lipinski definition) is 6. The van der Waals surface area contributed by atoms with Gasteiger partial charge in [0.05, 0.1) is 17.9 Å². The van der Waals surface area contributed by atoms with Crippen LogP contribution in [-0.4, -0.2) is 28.5 Å². The van der Waals surface area contributed by atoms with Gasteiger partial charge in [0.1, 0.15) is 18.1 Å². The SMILES string of the molecule is CCOC(=O)c1ccnc(/C(Cc2ccc(OCc3ccc(C)cc3)cc2)=N/O)c1. The van der Waals surface area contributed by atoms with E-state index in [9.17, 15) is 10.0 Å². The van der Waals surface area contributed by atoms with Crippen molar-refractivity contribution in [1.29, 1.82) is 0 Å². The van der Waals surface area contributed by atoms with Crippen molar-refractivity contribution in [2.75, 3.05) is 6.61 Å². The minimum atomic E-state index is -0.437. The molecular weight excluding hydrogens is 380 g/mol. The third-order valence-electron chi connectivity index (χ3n) is 4.51. The lowest BCUT2D eigenvalue weighted by Crippen LogP contribution is -2.11. The lowest BCUT2D eigenvalue weighted by molar-refractivity contribution is 0.0526. The standard InChI is InChI=1S/C24H24N2O4/c1-3-29-24(27)20-12-13-25-22(15-20)23(26-28)14-18-8-10-21(11-9-18)30-16-19-6-4-17(2)5-7-19/h4-13,15,28H,3,14,16H2,1-2H3/b26-23+. The van der Waals surface area contributed by atoms with Crippen LogP contribution in [0.1, 0.15) is 39.7 Å². The molecule has 0 spiro atoms. The molecule has 3 aromatic rings. The summed E-state index contributed by atoms with van der Waals surface area (Å²) in [5.41, 5.74) is 4.38. The van der Waals surface area contributed by atoms with Gasteiger partial charge in [0, 0.05) is 12.6 Å². The number of rotatable bonds is 8. The lowest BCUT2D eigenvalue weighted by Gasteiger charge is -2.09. The number of pyridine rings is 1. The lowest BCUT2D eigenvalue weighted by atomic mass is 10.0. The monoisotopic (exact) mass is 404 g/mol. The number of oxime groups is 1. The zero-order chi connectivity index (χ0) is 21.3. The second-order valence-electron chi connectivity index (χ2n) is 6.79. The zero-order valence-electron chi connectivity index (χ0n) is 17.0. The fourth-order valence-corrected chi connectivity index (χ4v) is 2.85. The molecule has 1 aromatic heterocycles. The van der Waals surface area contributed by atoms with Gasteiger partial charge in [0.25, 0.3) is 0 Å². The van der Waals surface area contributed by atoms with Crippen molar-refractivity contribution in [1.82, 2.24) is 4.98 Å².